The summed E-state index contributed by atoms with van der Waals surface area (Å²) in [5.74, 6) is -1.03. The SMILES string of the molecule is C[C@@H]1CCc2sc(C(=O)OCC(=O)NNC(=O)c3ccc(Cl)cc3)cc2C1. The molecule has 1 atom stereocenters. The topological polar surface area (TPSA) is 84.5 Å². The number of nitrogens with one attached hydrogen (secondary N) is 2. The highest BCUT2D eigenvalue weighted by Gasteiger charge is 2.21. The zero-order valence-electron chi connectivity index (χ0n) is 14.7. The maximum Gasteiger partial charge on any atom is 0.348 e. The van der Waals surface area contributed by atoms with Gasteiger partial charge in [0, 0.05) is 15.5 Å². The van der Waals surface area contributed by atoms with Gasteiger partial charge in [0.1, 0.15) is 4.88 Å². The van der Waals surface area contributed by atoms with E-state index in [-0.39, 0.29) is 0 Å². The minimum atomic E-state index is -0.624. The number of esters is 1. The van der Waals surface area contributed by atoms with E-state index in [4.69, 9.17) is 16.3 Å². The molecule has 0 saturated heterocycles. The molecule has 8 heteroatoms. The van der Waals surface area contributed by atoms with Crippen LogP contribution in [0.1, 0.15) is 43.8 Å². The third-order valence-electron chi connectivity index (χ3n) is 4.29. The summed E-state index contributed by atoms with van der Waals surface area (Å²) in [7, 11) is 0. The number of rotatable bonds is 4. The largest absolute Gasteiger partial charge is 0.451 e. The standard InChI is InChI=1S/C19H19ClN2O4S/c1-11-2-7-15-13(8-11)9-16(27-15)19(25)26-10-17(23)21-22-18(24)12-3-5-14(20)6-4-12/h3-6,9,11H,2,7-8,10H2,1H3,(H,21,23)(H,22,24)/t11-/m1/s1. The third kappa shape index (κ3) is 5.08. The van der Waals surface area contributed by atoms with Gasteiger partial charge in [-0.3, -0.25) is 20.4 Å². The summed E-state index contributed by atoms with van der Waals surface area (Å²) in [6, 6.07) is 8.06. The summed E-state index contributed by atoms with van der Waals surface area (Å²) in [5, 5.41) is 0.507. The number of halogens is 1. The van der Waals surface area contributed by atoms with E-state index in [1.165, 1.54) is 33.9 Å². The Labute approximate surface area is 165 Å². The van der Waals surface area contributed by atoms with Crippen molar-refractivity contribution in [2.75, 3.05) is 6.61 Å². The summed E-state index contributed by atoms with van der Waals surface area (Å²) < 4.78 is 5.04. The summed E-state index contributed by atoms with van der Waals surface area (Å²) in [6.45, 7) is 1.72. The highest BCUT2D eigenvalue weighted by molar-refractivity contribution is 7.14. The molecule has 0 bridgehead atoms. The van der Waals surface area contributed by atoms with Crippen molar-refractivity contribution in [2.45, 2.75) is 26.2 Å². The van der Waals surface area contributed by atoms with Crippen LogP contribution in [0.25, 0.3) is 0 Å². The lowest BCUT2D eigenvalue weighted by atomic mass is 9.90. The number of aryl methyl sites for hydroxylation is 1. The molecule has 1 aromatic carbocycles. The summed E-state index contributed by atoms with van der Waals surface area (Å²) in [5.41, 5.74) is 6.01. The van der Waals surface area contributed by atoms with Gasteiger partial charge in [-0.2, -0.15) is 0 Å². The minimum absolute atomic E-state index is 0.343. The van der Waals surface area contributed by atoms with Crippen molar-refractivity contribution in [3.8, 4) is 0 Å². The van der Waals surface area contributed by atoms with E-state index in [9.17, 15) is 14.4 Å². The molecular formula is C19H19ClN2O4S. The van der Waals surface area contributed by atoms with Crippen LogP contribution < -0.4 is 10.9 Å². The first-order valence-electron chi connectivity index (χ1n) is 8.56. The van der Waals surface area contributed by atoms with Gasteiger partial charge in [0.05, 0.1) is 0 Å². The van der Waals surface area contributed by atoms with Gasteiger partial charge in [0.2, 0.25) is 0 Å². The van der Waals surface area contributed by atoms with E-state index >= 15 is 0 Å². The molecule has 2 amide bonds. The third-order valence-corrected chi connectivity index (χ3v) is 5.76. The maximum absolute atomic E-state index is 12.1. The fraction of sp³-hybridized carbons (Fsp3) is 0.316. The number of carbonyl (C=O) groups excluding carboxylic acids is 3. The summed E-state index contributed by atoms with van der Waals surface area (Å²) in [4.78, 5) is 37.5. The second kappa shape index (κ2) is 8.54. The molecular weight excluding hydrogens is 388 g/mol. The molecule has 0 fully saturated rings. The summed E-state index contributed by atoms with van der Waals surface area (Å²) >= 11 is 7.18. The monoisotopic (exact) mass is 406 g/mol. The van der Waals surface area contributed by atoms with Gasteiger partial charge < -0.3 is 4.74 Å². The Bertz CT molecular complexity index is 863. The van der Waals surface area contributed by atoms with Crippen LogP contribution in [0.5, 0.6) is 0 Å². The fourth-order valence-electron chi connectivity index (χ4n) is 2.84. The van der Waals surface area contributed by atoms with Gasteiger partial charge in [-0.05, 0) is 61.1 Å². The van der Waals surface area contributed by atoms with Crippen molar-refractivity contribution in [2.24, 2.45) is 5.92 Å². The van der Waals surface area contributed by atoms with Crippen LogP contribution in [0.4, 0.5) is 0 Å². The Balaban J connectivity index is 1.45. The molecule has 1 aliphatic rings. The number of hydrazine groups is 1. The Morgan fingerprint density at radius 1 is 1.22 bits per heavy atom. The van der Waals surface area contributed by atoms with Crippen LogP contribution >= 0.6 is 22.9 Å². The van der Waals surface area contributed by atoms with Crippen molar-refractivity contribution < 1.29 is 19.1 Å². The quantitative estimate of drug-likeness (QED) is 0.603. The lowest BCUT2D eigenvalue weighted by Crippen LogP contribution is -2.43. The van der Waals surface area contributed by atoms with Crippen LogP contribution in [0, 0.1) is 5.92 Å². The molecule has 1 aliphatic carbocycles. The van der Waals surface area contributed by atoms with E-state index in [0.29, 0.717) is 21.4 Å². The van der Waals surface area contributed by atoms with Crippen molar-refractivity contribution in [1.29, 1.82) is 0 Å². The lowest BCUT2D eigenvalue weighted by Gasteiger charge is -2.16. The molecule has 2 aromatic rings. The zero-order valence-corrected chi connectivity index (χ0v) is 16.3. The number of hydrogen-bond donors (Lipinski definition) is 2. The Kier molecular flexibility index (Phi) is 6.13. The Morgan fingerprint density at radius 2 is 1.96 bits per heavy atom. The average molecular weight is 407 g/mol. The van der Waals surface area contributed by atoms with Crippen molar-refractivity contribution in [1.82, 2.24) is 10.9 Å². The van der Waals surface area contributed by atoms with E-state index in [0.717, 1.165) is 19.3 Å². The Hall–Kier alpha value is -2.38. The molecule has 0 aliphatic heterocycles. The van der Waals surface area contributed by atoms with E-state index in [1.54, 1.807) is 12.1 Å². The first kappa shape index (κ1) is 19.4. The molecule has 0 radical (unpaired) electrons. The highest BCUT2D eigenvalue weighted by Crippen LogP contribution is 2.32. The predicted octanol–water partition coefficient (Wildman–Crippen LogP) is 3.14. The number of thiophene rings is 1. The molecule has 0 saturated carbocycles. The van der Waals surface area contributed by atoms with Crippen LogP contribution in [0.2, 0.25) is 5.02 Å². The number of hydrogen-bond acceptors (Lipinski definition) is 5. The molecule has 1 aromatic heterocycles. The molecule has 142 valence electrons. The number of fused-ring (bicyclic) bond motifs is 1. The van der Waals surface area contributed by atoms with Gasteiger partial charge in [-0.1, -0.05) is 18.5 Å². The van der Waals surface area contributed by atoms with Crippen molar-refractivity contribution >= 4 is 40.7 Å². The zero-order chi connectivity index (χ0) is 19.4. The van der Waals surface area contributed by atoms with E-state index in [1.807, 2.05) is 6.07 Å². The van der Waals surface area contributed by atoms with Gasteiger partial charge in [0.25, 0.3) is 11.8 Å². The molecule has 2 N–H and O–H groups in total. The van der Waals surface area contributed by atoms with Gasteiger partial charge in [-0.25, -0.2) is 4.79 Å². The second-order valence-electron chi connectivity index (χ2n) is 6.49. The van der Waals surface area contributed by atoms with Crippen LogP contribution in [-0.4, -0.2) is 24.4 Å². The first-order valence-corrected chi connectivity index (χ1v) is 9.75. The van der Waals surface area contributed by atoms with Gasteiger partial charge in [-0.15, -0.1) is 11.3 Å². The van der Waals surface area contributed by atoms with Crippen molar-refractivity contribution in [3.63, 3.8) is 0 Å². The molecule has 6 nitrogen and oxygen atoms in total. The predicted molar refractivity (Wildman–Crippen MR) is 103 cm³/mol. The minimum Gasteiger partial charge on any atom is -0.451 e. The average Bonchev–Trinajstić information content (AvgIpc) is 3.08. The lowest BCUT2D eigenvalue weighted by molar-refractivity contribution is -0.125. The maximum atomic E-state index is 12.1. The van der Waals surface area contributed by atoms with Gasteiger partial charge >= 0.3 is 5.97 Å². The van der Waals surface area contributed by atoms with Crippen molar-refractivity contribution in [3.05, 3.63) is 56.2 Å². The fourth-order valence-corrected chi connectivity index (χ4v) is 4.07. The summed E-state index contributed by atoms with van der Waals surface area (Å²) in [6.07, 6.45) is 3.07. The van der Waals surface area contributed by atoms with Crippen LogP contribution in [0.15, 0.2) is 30.3 Å². The highest BCUT2D eigenvalue weighted by atomic mass is 35.5. The molecule has 0 spiro atoms. The van der Waals surface area contributed by atoms with E-state index in [2.05, 4.69) is 17.8 Å². The molecule has 3 rings (SSSR count). The number of benzene rings is 1. The molecule has 1 heterocycles. The van der Waals surface area contributed by atoms with Gasteiger partial charge in [0.15, 0.2) is 6.61 Å². The van der Waals surface area contributed by atoms with Crippen LogP contribution in [0.3, 0.4) is 0 Å². The first-order chi connectivity index (χ1) is 12.9. The molecule has 27 heavy (non-hydrogen) atoms. The number of ether oxygens (including phenoxy) is 1. The smallest absolute Gasteiger partial charge is 0.348 e. The number of carbonyl (C=O) groups is 3. The van der Waals surface area contributed by atoms with E-state index < -0.39 is 24.4 Å². The Morgan fingerprint density at radius 3 is 2.70 bits per heavy atom. The molecule has 0 unspecified atom stereocenters. The second-order valence-corrected chi connectivity index (χ2v) is 8.07. The number of amides is 2. The van der Waals surface area contributed by atoms with Crippen LogP contribution in [-0.2, 0) is 22.4 Å². The normalized spacial score (nSPS) is 15.6.